The van der Waals surface area contributed by atoms with Crippen molar-refractivity contribution >= 4 is 0 Å². The normalized spacial score (nSPS) is 60.8. The minimum atomic E-state index is -1.06. The second-order valence-corrected chi connectivity index (χ2v) is 2.53. The van der Waals surface area contributed by atoms with Gasteiger partial charge in [0.2, 0.25) is 0 Å². The molecule has 1 saturated heterocycles. The van der Waals surface area contributed by atoms with Gasteiger partial charge in [-0.2, -0.15) is 0 Å². The predicted octanol–water partition coefficient (Wildman–Crippen LogP) is 0.817. The summed E-state index contributed by atoms with van der Waals surface area (Å²) < 4.78 is 24.5. The Morgan fingerprint density at radius 3 is 1.75 bits per heavy atom. The first-order valence-electron chi connectivity index (χ1n) is 2.83. The fourth-order valence-corrected chi connectivity index (χ4v) is 1.31. The number of rotatable bonds is 0. The van der Waals surface area contributed by atoms with Gasteiger partial charge in [0.1, 0.15) is 0 Å². The van der Waals surface area contributed by atoms with E-state index in [9.17, 15) is 8.78 Å². The van der Waals surface area contributed by atoms with Gasteiger partial charge in [-0.15, -0.1) is 0 Å². The Morgan fingerprint density at radius 2 is 1.62 bits per heavy atom. The van der Waals surface area contributed by atoms with Crippen LogP contribution in [0.25, 0.3) is 0 Å². The van der Waals surface area contributed by atoms with Crippen molar-refractivity contribution in [3.8, 4) is 0 Å². The van der Waals surface area contributed by atoms with E-state index in [-0.39, 0.29) is 11.8 Å². The Labute approximate surface area is 46.1 Å². The van der Waals surface area contributed by atoms with E-state index in [0.29, 0.717) is 0 Å². The number of nitrogens with one attached hydrogen (secondary N) is 1. The first-order valence-corrected chi connectivity index (χ1v) is 2.83. The van der Waals surface area contributed by atoms with E-state index in [1.54, 1.807) is 0 Å². The summed E-state index contributed by atoms with van der Waals surface area (Å²) in [6, 6.07) is 0. The van der Waals surface area contributed by atoms with Crippen molar-refractivity contribution in [2.24, 2.45) is 11.8 Å². The van der Waals surface area contributed by atoms with Crippen LogP contribution in [0.5, 0.6) is 0 Å². The lowest BCUT2D eigenvalue weighted by atomic mass is 10.4. The molecule has 1 nitrogen and oxygen atoms in total. The largest absolute Gasteiger partial charge is 0.257 e. The minimum Gasteiger partial charge on any atom is -0.257 e. The molecule has 2 rings (SSSR count). The fourth-order valence-electron chi connectivity index (χ4n) is 1.31. The van der Waals surface area contributed by atoms with Crippen molar-refractivity contribution < 1.29 is 8.78 Å². The number of alkyl halides is 2. The third-order valence-corrected chi connectivity index (χ3v) is 1.96. The third-order valence-electron chi connectivity index (χ3n) is 1.96. The first kappa shape index (κ1) is 4.68. The SMILES string of the molecule is FC1NC(F)C2CC12. The van der Waals surface area contributed by atoms with Gasteiger partial charge in [0.25, 0.3) is 0 Å². The van der Waals surface area contributed by atoms with Gasteiger partial charge >= 0.3 is 0 Å². The molecule has 0 amide bonds. The molecule has 0 aromatic heterocycles. The second kappa shape index (κ2) is 1.21. The van der Waals surface area contributed by atoms with Crippen LogP contribution in [0.1, 0.15) is 6.42 Å². The average molecular weight is 119 g/mol. The van der Waals surface area contributed by atoms with Gasteiger partial charge in [0.05, 0.1) is 0 Å². The molecule has 4 atom stereocenters. The monoisotopic (exact) mass is 119 g/mol. The van der Waals surface area contributed by atoms with Gasteiger partial charge in [-0.1, -0.05) is 0 Å². The minimum absolute atomic E-state index is 0.00463. The maximum atomic E-state index is 12.3. The highest BCUT2D eigenvalue weighted by Gasteiger charge is 2.55. The van der Waals surface area contributed by atoms with Crippen molar-refractivity contribution in [2.75, 3.05) is 0 Å². The van der Waals surface area contributed by atoms with Gasteiger partial charge in [0, 0.05) is 11.8 Å². The smallest absolute Gasteiger partial charge is 0.156 e. The number of hydrogen-bond acceptors (Lipinski definition) is 1. The van der Waals surface area contributed by atoms with Gasteiger partial charge in [-0.3, -0.25) is 5.32 Å². The zero-order chi connectivity index (χ0) is 5.72. The fraction of sp³-hybridized carbons (Fsp3) is 1.00. The number of fused-ring (bicyclic) bond motifs is 1. The highest BCUT2D eigenvalue weighted by molar-refractivity contribution is 5.00. The number of halogens is 2. The van der Waals surface area contributed by atoms with Crippen molar-refractivity contribution in [2.45, 2.75) is 19.0 Å². The molecular weight excluding hydrogens is 112 g/mol. The molecule has 46 valence electrons. The molecule has 1 heterocycles. The molecule has 0 bridgehead atoms. The number of hydrogen-bond donors (Lipinski definition) is 1. The van der Waals surface area contributed by atoms with Gasteiger partial charge in [-0.05, 0) is 6.42 Å². The van der Waals surface area contributed by atoms with Crippen LogP contribution < -0.4 is 5.32 Å². The van der Waals surface area contributed by atoms with Crippen LogP contribution in [0.4, 0.5) is 8.78 Å². The van der Waals surface area contributed by atoms with Crippen molar-refractivity contribution in [3.05, 3.63) is 0 Å². The first-order chi connectivity index (χ1) is 3.79. The molecule has 8 heavy (non-hydrogen) atoms. The van der Waals surface area contributed by atoms with Crippen molar-refractivity contribution in [1.29, 1.82) is 0 Å². The maximum absolute atomic E-state index is 12.3. The number of piperidine rings is 1. The second-order valence-electron chi connectivity index (χ2n) is 2.53. The van der Waals surface area contributed by atoms with E-state index in [0.717, 1.165) is 6.42 Å². The van der Waals surface area contributed by atoms with Gasteiger partial charge < -0.3 is 0 Å². The van der Waals surface area contributed by atoms with E-state index in [1.807, 2.05) is 0 Å². The molecule has 1 saturated carbocycles. The van der Waals surface area contributed by atoms with Crippen molar-refractivity contribution in [3.63, 3.8) is 0 Å². The van der Waals surface area contributed by atoms with Gasteiger partial charge in [0.15, 0.2) is 12.6 Å². The maximum Gasteiger partial charge on any atom is 0.156 e. The van der Waals surface area contributed by atoms with Gasteiger partial charge in [-0.25, -0.2) is 8.78 Å². The predicted molar refractivity (Wildman–Crippen MR) is 24.5 cm³/mol. The summed E-state index contributed by atoms with van der Waals surface area (Å²) >= 11 is 0. The Kier molecular flexibility index (Phi) is 0.707. The Hall–Kier alpha value is -0.180. The van der Waals surface area contributed by atoms with Crippen LogP contribution in [0.3, 0.4) is 0 Å². The highest BCUT2D eigenvalue weighted by Crippen LogP contribution is 2.49. The summed E-state index contributed by atoms with van der Waals surface area (Å²) in [7, 11) is 0. The quantitative estimate of drug-likeness (QED) is 0.465. The summed E-state index contributed by atoms with van der Waals surface area (Å²) in [4.78, 5) is 0. The van der Waals surface area contributed by atoms with E-state index < -0.39 is 12.6 Å². The van der Waals surface area contributed by atoms with Crippen LogP contribution >= 0.6 is 0 Å². The summed E-state index contributed by atoms with van der Waals surface area (Å²) in [5.41, 5.74) is 0. The zero-order valence-electron chi connectivity index (χ0n) is 4.27. The third kappa shape index (κ3) is 0.426. The Balaban J connectivity index is 2.09. The summed E-state index contributed by atoms with van der Waals surface area (Å²) in [5, 5.41) is 2.18. The molecular formula is C5H7F2N. The Morgan fingerprint density at radius 1 is 1.12 bits per heavy atom. The van der Waals surface area contributed by atoms with Crippen LogP contribution in [-0.4, -0.2) is 12.6 Å². The lowest BCUT2D eigenvalue weighted by molar-refractivity contribution is 0.199. The van der Waals surface area contributed by atoms with E-state index in [1.165, 1.54) is 0 Å². The zero-order valence-corrected chi connectivity index (χ0v) is 4.27. The molecule has 2 fully saturated rings. The molecule has 2 aliphatic rings. The standard InChI is InChI=1S/C5H7F2N/c6-4-2-1-3(2)5(7)8-4/h2-5,8H,1H2. The average Bonchev–Trinajstić information content (AvgIpc) is 2.35. The van der Waals surface area contributed by atoms with E-state index in [4.69, 9.17) is 0 Å². The summed E-state index contributed by atoms with van der Waals surface area (Å²) in [6.45, 7) is 0. The molecule has 1 aliphatic carbocycles. The summed E-state index contributed by atoms with van der Waals surface area (Å²) in [5.74, 6) is 0.00926. The molecule has 0 aromatic rings. The van der Waals surface area contributed by atoms with Crippen LogP contribution in [-0.2, 0) is 0 Å². The molecule has 1 aliphatic heterocycles. The van der Waals surface area contributed by atoms with E-state index >= 15 is 0 Å². The lowest BCUT2D eigenvalue weighted by Gasteiger charge is -2.02. The summed E-state index contributed by atoms with van der Waals surface area (Å²) in [6.07, 6.45) is -1.38. The van der Waals surface area contributed by atoms with E-state index in [2.05, 4.69) is 5.32 Å². The molecule has 0 aromatic carbocycles. The molecule has 3 heteroatoms. The molecule has 1 N–H and O–H groups in total. The lowest BCUT2D eigenvalue weighted by Crippen LogP contribution is -2.27. The molecule has 0 radical (unpaired) electrons. The van der Waals surface area contributed by atoms with Crippen LogP contribution in [0, 0.1) is 11.8 Å². The van der Waals surface area contributed by atoms with Crippen molar-refractivity contribution in [1.82, 2.24) is 5.32 Å². The van der Waals surface area contributed by atoms with Crippen LogP contribution in [0.15, 0.2) is 0 Å². The topological polar surface area (TPSA) is 12.0 Å². The molecule has 0 spiro atoms. The van der Waals surface area contributed by atoms with Crippen LogP contribution in [0.2, 0.25) is 0 Å². The highest BCUT2D eigenvalue weighted by atomic mass is 19.2. The molecule has 4 unspecified atom stereocenters. The Bertz CT molecular complexity index is 101.